The van der Waals surface area contributed by atoms with Crippen molar-refractivity contribution in [2.24, 2.45) is 0 Å². The van der Waals surface area contributed by atoms with Gasteiger partial charge in [0.05, 0.1) is 13.1 Å². The molecule has 0 unspecified atom stereocenters. The summed E-state index contributed by atoms with van der Waals surface area (Å²) >= 11 is 0. The van der Waals surface area contributed by atoms with E-state index in [1.165, 1.54) is 24.2 Å². The van der Waals surface area contributed by atoms with Crippen LogP contribution in [0.25, 0.3) is 0 Å². The highest BCUT2D eigenvalue weighted by Gasteiger charge is 2.17. The Morgan fingerprint density at radius 1 is 1.29 bits per heavy atom. The third-order valence-corrected chi connectivity index (χ3v) is 3.14. The summed E-state index contributed by atoms with van der Waals surface area (Å²) in [4.78, 5) is 13.2. The summed E-state index contributed by atoms with van der Waals surface area (Å²) in [5.41, 5.74) is 7.12. The van der Waals surface area contributed by atoms with Crippen LogP contribution in [-0.2, 0) is 4.79 Å². The van der Waals surface area contributed by atoms with E-state index in [0.29, 0.717) is 12.2 Å². The molecule has 17 heavy (non-hydrogen) atoms. The molecule has 4 nitrogen and oxygen atoms in total. The van der Waals surface area contributed by atoms with E-state index < -0.39 is 0 Å². The van der Waals surface area contributed by atoms with Gasteiger partial charge in [-0.2, -0.15) is 0 Å². The first-order chi connectivity index (χ1) is 8.24. The number of amides is 1. The molecule has 1 heterocycles. The van der Waals surface area contributed by atoms with Crippen LogP contribution in [0.2, 0.25) is 0 Å². The molecule has 1 aliphatic rings. The number of nitrogens with two attached hydrogens (primary N) is 1. The number of benzene rings is 1. The topological polar surface area (TPSA) is 59.6 Å². The molecule has 92 valence electrons. The standard InChI is InChI=1S/C13H19N3O/c14-11-5-4-6-12(9-11)15-13(17)10-16-7-2-1-3-8-16/h4-6,9H,1-3,7-8,10,14H2,(H,15,17)/p+1. The predicted molar refractivity (Wildman–Crippen MR) is 68.9 cm³/mol. The Hall–Kier alpha value is -1.55. The molecule has 1 saturated heterocycles. The molecule has 1 aliphatic heterocycles. The van der Waals surface area contributed by atoms with Crippen molar-refractivity contribution in [3.05, 3.63) is 24.3 Å². The lowest BCUT2D eigenvalue weighted by Gasteiger charge is -2.22. The first-order valence-electron chi connectivity index (χ1n) is 6.23. The molecule has 0 bridgehead atoms. The molecule has 0 saturated carbocycles. The number of anilines is 2. The van der Waals surface area contributed by atoms with E-state index in [4.69, 9.17) is 5.73 Å². The lowest BCUT2D eigenvalue weighted by atomic mass is 10.1. The van der Waals surface area contributed by atoms with E-state index in [1.807, 2.05) is 18.2 Å². The average Bonchev–Trinajstić information content (AvgIpc) is 2.30. The zero-order valence-corrected chi connectivity index (χ0v) is 10.0. The van der Waals surface area contributed by atoms with Gasteiger partial charge in [0.1, 0.15) is 0 Å². The molecule has 0 spiro atoms. The number of rotatable bonds is 3. The molecule has 4 heteroatoms. The molecular formula is C13H20N3O+. The van der Waals surface area contributed by atoms with E-state index in [2.05, 4.69) is 5.32 Å². The van der Waals surface area contributed by atoms with Crippen LogP contribution in [0.15, 0.2) is 24.3 Å². The highest BCUT2D eigenvalue weighted by molar-refractivity contribution is 5.91. The molecule has 0 radical (unpaired) electrons. The maximum absolute atomic E-state index is 11.8. The van der Waals surface area contributed by atoms with Crippen molar-refractivity contribution in [1.82, 2.24) is 0 Å². The summed E-state index contributed by atoms with van der Waals surface area (Å²) in [6, 6.07) is 7.30. The van der Waals surface area contributed by atoms with E-state index in [0.717, 1.165) is 18.8 Å². The number of likely N-dealkylation sites (tertiary alicyclic amines) is 1. The van der Waals surface area contributed by atoms with Gasteiger partial charge < -0.3 is 16.0 Å². The SMILES string of the molecule is Nc1cccc(NC(=O)C[NH+]2CCCCC2)c1. The van der Waals surface area contributed by atoms with Crippen LogP contribution in [0, 0.1) is 0 Å². The Labute approximate surface area is 102 Å². The summed E-state index contributed by atoms with van der Waals surface area (Å²) in [6.07, 6.45) is 3.78. The molecular weight excluding hydrogens is 214 g/mol. The zero-order chi connectivity index (χ0) is 12.1. The second-order valence-corrected chi connectivity index (χ2v) is 4.66. The Kier molecular flexibility index (Phi) is 3.98. The average molecular weight is 234 g/mol. The van der Waals surface area contributed by atoms with Gasteiger partial charge in [-0.25, -0.2) is 0 Å². The number of carbonyl (C=O) groups is 1. The number of hydrogen-bond acceptors (Lipinski definition) is 2. The number of nitrogens with one attached hydrogen (secondary N) is 2. The van der Waals surface area contributed by atoms with E-state index in [1.54, 1.807) is 6.07 Å². The molecule has 0 aromatic heterocycles. The summed E-state index contributed by atoms with van der Waals surface area (Å²) in [6.45, 7) is 2.80. The molecule has 1 aromatic rings. The van der Waals surface area contributed by atoms with Gasteiger partial charge in [-0.1, -0.05) is 6.07 Å². The minimum atomic E-state index is 0.0764. The highest BCUT2D eigenvalue weighted by atomic mass is 16.2. The van der Waals surface area contributed by atoms with Gasteiger partial charge in [-0.05, 0) is 37.5 Å². The van der Waals surface area contributed by atoms with Crippen LogP contribution in [0.4, 0.5) is 11.4 Å². The van der Waals surface area contributed by atoms with E-state index in [-0.39, 0.29) is 5.91 Å². The second kappa shape index (κ2) is 5.68. The van der Waals surface area contributed by atoms with Crippen LogP contribution in [0.3, 0.4) is 0 Å². The monoisotopic (exact) mass is 234 g/mol. The van der Waals surface area contributed by atoms with Crippen molar-refractivity contribution in [3.8, 4) is 0 Å². The maximum atomic E-state index is 11.8. The smallest absolute Gasteiger partial charge is 0.279 e. The summed E-state index contributed by atoms with van der Waals surface area (Å²) in [5, 5.41) is 2.89. The van der Waals surface area contributed by atoms with Crippen LogP contribution >= 0.6 is 0 Å². The fourth-order valence-electron chi connectivity index (χ4n) is 2.28. The van der Waals surface area contributed by atoms with Gasteiger partial charge >= 0.3 is 0 Å². The number of quaternary nitrogens is 1. The largest absolute Gasteiger partial charge is 0.399 e. The van der Waals surface area contributed by atoms with E-state index in [9.17, 15) is 4.79 Å². The fourth-order valence-corrected chi connectivity index (χ4v) is 2.28. The fraction of sp³-hybridized carbons (Fsp3) is 0.462. The van der Waals surface area contributed by atoms with Gasteiger partial charge in [-0.3, -0.25) is 4.79 Å². The summed E-state index contributed by atoms with van der Waals surface area (Å²) in [5.74, 6) is 0.0764. The predicted octanol–water partition coefficient (Wildman–Crippen LogP) is 0.276. The third-order valence-electron chi connectivity index (χ3n) is 3.14. The second-order valence-electron chi connectivity index (χ2n) is 4.66. The van der Waals surface area contributed by atoms with E-state index >= 15 is 0 Å². The highest BCUT2D eigenvalue weighted by Crippen LogP contribution is 2.11. The molecule has 1 fully saturated rings. The lowest BCUT2D eigenvalue weighted by molar-refractivity contribution is -0.896. The summed E-state index contributed by atoms with van der Waals surface area (Å²) < 4.78 is 0. The Morgan fingerprint density at radius 3 is 2.76 bits per heavy atom. The number of hydrogen-bond donors (Lipinski definition) is 3. The van der Waals surface area contributed by atoms with Crippen LogP contribution in [0.5, 0.6) is 0 Å². The first kappa shape index (κ1) is 11.9. The van der Waals surface area contributed by atoms with Crippen molar-refractivity contribution in [2.45, 2.75) is 19.3 Å². The molecule has 1 amide bonds. The Balaban J connectivity index is 1.84. The van der Waals surface area contributed by atoms with Crippen molar-refractivity contribution in [2.75, 3.05) is 30.7 Å². The minimum absolute atomic E-state index is 0.0764. The van der Waals surface area contributed by atoms with Gasteiger partial charge in [0, 0.05) is 11.4 Å². The lowest BCUT2D eigenvalue weighted by Crippen LogP contribution is -3.13. The van der Waals surface area contributed by atoms with Gasteiger partial charge in [0.2, 0.25) is 0 Å². The van der Waals surface area contributed by atoms with Crippen LogP contribution < -0.4 is 16.0 Å². The number of piperidine rings is 1. The Morgan fingerprint density at radius 2 is 2.06 bits per heavy atom. The van der Waals surface area contributed by atoms with Crippen molar-refractivity contribution in [1.29, 1.82) is 0 Å². The number of nitrogen functional groups attached to an aromatic ring is 1. The molecule has 0 aliphatic carbocycles. The van der Waals surface area contributed by atoms with Crippen molar-refractivity contribution < 1.29 is 9.69 Å². The molecule has 1 aromatic carbocycles. The van der Waals surface area contributed by atoms with Crippen molar-refractivity contribution >= 4 is 17.3 Å². The van der Waals surface area contributed by atoms with Gasteiger partial charge in [-0.15, -0.1) is 0 Å². The quantitative estimate of drug-likeness (QED) is 0.658. The van der Waals surface area contributed by atoms with Crippen molar-refractivity contribution in [3.63, 3.8) is 0 Å². The van der Waals surface area contributed by atoms with Crippen LogP contribution in [-0.4, -0.2) is 25.5 Å². The van der Waals surface area contributed by atoms with Gasteiger partial charge in [0.25, 0.3) is 5.91 Å². The normalized spacial score (nSPS) is 16.7. The number of carbonyl (C=O) groups excluding carboxylic acids is 1. The first-order valence-corrected chi connectivity index (χ1v) is 6.23. The zero-order valence-electron chi connectivity index (χ0n) is 10.0. The third kappa shape index (κ3) is 3.75. The molecule has 2 rings (SSSR count). The maximum Gasteiger partial charge on any atom is 0.279 e. The van der Waals surface area contributed by atoms with Crippen LogP contribution in [0.1, 0.15) is 19.3 Å². The Bertz CT molecular complexity index is 386. The minimum Gasteiger partial charge on any atom is -0.399 e. The summed E-state index contributed by atoms with van der Waals surface area (Å²) in [7, 11) is 0. The van der Waals surface area contributed by atoms with Gasteiger partial charge in [0.15, 0.2) is 6.54 Å². The molecule has 4 N–H and O–H groups in total. The molecule has 0 atom stereocenters.